The molecule has 6 N–H and O–H groups in total. The Hall–Kier alpha value is -2.00. The monoisotopic (exact) mass is 299 g/mol. The fourth-order valence-corrected chi connectivity index (χ4v) is 1.43. The summed E-state index contributed by atoms with van der Waals surface area (Å²) >= 11 is 0. The number of ether oxygens (including phenoxy) is 1. The molecule has 0 saturated heterocycles. The molecular formula is C13H17NO7. The summed E-state index contributed by atoms with van der Waals surface area (Å²) in [7, 11) is 0. The number of carbonyl (C=O) groups is 2. The summed E-state index contributed by atoms with van der Waals surface area (Å²) in [6.07, 6.45) is -5.50. The Kier molecular flexibility index (Phi) is 6.25. The van der Waals surface area contributed by atoms with Crippen molar-refractivity contribution in [1.82, 2.24) is 0 Å². The highest BCUT2D eigenvalue weighted by Gasteiger charge is 2.30. The summed E-state index contributed by atoms with van der Waals surface area (Å²) in [5.74, 6) is -1.80. The average molecular weight is 299 g/mol. The van der Waals surface area contributed by atoms with E-state index in [2.05, 4.69) is 4.74 Å². The molecule has 0 aromatic heterocycles. The van der Waals surface area contributed by atoms with Gasteiger partial charge in [0.05, 0.1) is 12.2 Å². The maximum atomic E-state index is 11.6. The molecule has 0 heterocycles. The standard InChI is InChI=1S/C13H17NO7/c14-8-3-1-7(2-4-8)13(20)21-6-10(17)12(19)11(18)9(16)5-15/h1-4,9,11-12,15-16,18-19H,5-6,14H2/t9-,11-,12-/m1/s1. The predicted molar refractivity (Wildman–Crippen MR) is 71.3 cm³/mol. The fourth-order valence-electron chi connectivity index (χ4n) is 1.43. The van der Waals surface area contributed by atoms with Crippen LogP contribution in [0.1, 0.15) is 10.4 Å². The van der Waals surface area contributed by atoms with E-state index < -0.39 is 43.3 Å². The van der Waals surface area contributed by atoms with Crippen LogP contribution < -0.4 is 5.73 Å². The normalized spacial score (nSPS) is 15.0. The molecule has 1 aromatic carbocycles. The van der Waals surface area contributed by atoms with E-state index in [-0.39, 0.29) is 5.56 Å². The molecule has 1 aromatic rings. The molecule has 0 saturated carbocycles. The molecule has 0 radical (unpaired) electrons. The Labute approximate surface area is 120 Å². The first-order chi connectivity index (χ1) is 9.86. The van der Waals surface area contributed by atoms with Gasteiger partial charge in [0.15, 0.2) is 6.61 Å². The predicted octanol–water partition coefficient (Wildman–Crippen LogP) is -1.93. The summed E-state index contributed by atoms with van der Waals surface area (Å²) in [5, 5.41) is 36.5. The number of hydrogen-bond acceptors (Lipinski definition) is 8. The number of carbonyl (C=O) groups excluding carboxylic acids is 2. The minimum Gasteiger partial charge on any atom is -0.454 e. The van der Waals surface area contributed by atoms with Crippen LogP contribution in [0.4, 0.5) is 5.69 Å². The fraction of sp³-hybridized carbons (Fsp3) is 0.385. The summed E-state index contributed by atoms with van der Waals surface area (Å²) in [6.45, 7) is -1.60. The number of aliphatic hydroxyl groups is 4. The van der Waals surface area contributed by atoms with Crippen molar-refractivity contribution in [3.05, 3.63) is 29.8 Å². The second-order valence-corrected chi connectivity index (χ2v) is 4.35. The van der Waals surface area contributed by atoms with E-state index in [1.165, 1.54) is 24.3 Å². The van der Waals surface area contributed by atoms with Crippen LogP contribution in [0.15, 0.2) is 24.3 Å². The molecule has 0 fully saturated rings. The van der Waals surface area contributed by atoms with Crippen LogP contribution in [0.3, 0.4) is 0 Å². The first kappa shape index (κ1) is 17.1. The number of aliphatic hydroxyl groups excluding tert-OH is 4. The zero-order chi connectivity index (χ0) is 16.0. The van der Waals surface area contributed by atoms with Crippen molar-refractivity contribution >= 4 is 17.4 Å². The molecule has 8 nitrogen and oxygen atoms in total. The molecule has 0 spiro atoms. The van der Waals surface area contributed by atoms with E-state index >= 15 is 0 Å². The molecule has 0 bridgehead atoms. The maximum absolute atomic E-state index is 11.6. The third-order valence-electron chi connectivity index (χ3n) is 2.73. The largest absolute Gasteiger partial charge is 0.454 e. The summed E-state index contributed by atoms with van der Waals surface area (Å²) in [5.41, 5.74) is 6.08. The molecule has 8 heteroatoms. The van der Waals surface area contributed by atoms with Crippen LogP contribution in [0.5, 0.6) is 0 Å². The lowest BCUT2D eigenvalue weighted by Crippen LogP contribution is -2.45. The van der Waals surface area contributed by atoms with Gasteiger partial charge in [-0.3, -0.25) is 4.79 Å². The molecule has 0 aliphatic carbocycles. The van der Waals surface area contributed by atoms with Crippen molar-refractivity contribution in [2.24, 2.45) is 0 Å². The summed E-state index contributed by atoms with van der Waals surface area (Å²) < 4.78 is 4.67. The average Bonchev–Trinajstić information content (AvgIpc) is 2.50. The van der Waals surface area contributed by atoms with Gasteiger partial charge in [0.1, 0.15) is 18.3 Å². The van der Waals surface area contributed by atoms with E-state index in [0.29, 0.717) is 5.69 Å². The van der Waals surface area contributed by atoms with Gasteiger partial charge in [-0.25, -0.2) is 4.79 Å². The number of anilines is 1. The van der Waals surface area contributed by atoms with Gasteiger partial charge in [-0.1, -0.05) is 0 Å². The van der Waals surface area contributed by atoms with Crippen LogP contribution in [-0.2, 0) is 9.53 Å². The highest BCUT2D eigenvalue weighted by Crippen LogP contribution is 2.08. The Balaban J connectivity index is 2.52. The van der Waals surface area contributed by atoms with E-state index in [1.807, 2.05) is 0 Å². The maximum Gasteiger partial charge on any atom is 0.338 e. The number of Topliss-reactive ketones (excluding diaryl/α,β-unsaturated/α-hetero) is 1. The zero-order valence-corrected chi connectivity index (χ0v) is 11.0. The topological polar surface area (TPSA) is 150 Å². The number of nitrogens with two attached hydrogens (primary N) is 1. The summed E-state index contributed by atoms with van der Waals surface area (Å²) in [6, 6.07) is 5.77. The van der Waals surface area contributed by atoms with E-state index in [4.69, 9.17) is 15.9 Å². The second kappa shape index (κ2) is 7.70. The van der Waals surface area contributed by atoms with Crippen LogP contribution in [0.2, 0.25) is 0 Å². The van der Waals surface area contributed by atoms with Crippen LogP contribution in [0, 0.1) is 0 Å². The van der Waals surface area contributed by atoms with E-state index in [0.717, 1.165) is 0 Å². The molecule has 0 amide bonds. The van der Waals surface area contributed by atoms with Crippen molar-refractivity contribution < 1.29 is 34.8 Å². The van der Waals surface area contributed by atoms with Gasteiger partial charge < -0.3 is 30.9 Å². The number of ketones is 1. The minimum atomic E-state index is -1.97. The Morgan fingerprint density at radius 1 is 1.14 bits per heavy atom. The number of esters is 1. The first-order valence-electron chi connectivity index (χ1n) is 6.07. The molecule has 3 atom stereocenters. The number of hydrogen-bond donors (Lipinski definition) is 5. The van der Waals surface area contributed by atoms with Crippen molar-refractivity contribution in [3.63, 3.8) is 0 Å². The summed E-state index contributed by atoms with van der Waals surface area (Å²) in [4.78, 5) is 23.1. The third-order valence-corrected chi connectivity index (χ3v) is 2.73. The number of nitrogen functional groups attached to an aromatic ring is 1. The van der Waals surface area contributed by atoms with Gasteiger partial charge >= 0.3 is 5.97 Å². The van der Waals surface area contributed by atoms with E-state index in [1.54, 1.807) is 0 Å². The van der Waals surface area contributed by atoms with Crippen LogP contribution >= 0.6 is 0 Å². The van der Waals surface area contributed by atoms with Gasteiger partial charge in [0.2, 0.25) is 5.78 Å². The molecule has 0 unspecified atom stereocenters. The SMILES string of the molecule is Nc1ccc(C(=O)OCC(=O)[C@@H](O)[C@H](O)[C@H](O)CO)cc1. The van der Waals surface area contributed by atoms with Gasteiger partial charge in [0, 0.05) is 5.69 Å². The van der Waals surface area contributed by atoms with Crippen molar-refractivity contribution in [2.75, 3.05) is 18.9 Å². The van der Waals surface area contributed by atoms with Crippen LogP contribution in [-0.4, -0.2) is 63.7 Å². The second-order valence-electron chi connectivity index (χ2n) is 4.35. The van der Waals surface area contributed by atoms with Gasteiger partial charge in [-0.2, -0.15) is 0 Å². The Morgan fingerprint density at radius 2 is 1.71 bits per heavy atom. The molecule has 1 rings (SSSR count). The number of benzene rings is 1. The zero-order valence-electron chi connectivity index (χ0n) is 11.0. The lowest BCUT2D eigenvalue weighted by atomic mass is 10.1. The highest BCUT2D eigenvalue weighted by molar-refractivity contribution is 5.92. The van der Waals surface area contributed by atoms with E-state index in [9.17, 15) is 19.8 Å². The lowest BCUT2D eigenvalue weighted by Gasteiger charge is -2.20. The van der Waals surface area contributed by atoms with Gasteiger partial charge in [-0.05, 0) is 24.3 Å². The molecule has 0 aliphatic rings. The first-order valence-corrected chi connectivity index (χ1v) is 6.07. The Morgan fingerprint density at radius 3 is 2.24 bits per heavy atom. The third kappa shape index (κ3) is 4.80. The smallest absolute Gasteiger partial charge is 0.338 e. The molecular weight excluding hydrogens is 282 g/mol. The van der Waals surface area contributed by atoms with Gasteiger partial charge in [0.25, 0.3) is 0 Å². The molecule has 21 heavy (non-hydrogen) atoms. The highest BCUT2D eigenvalue weighted by atomic mass is 16.5. The quantitative estimate of drug-likeness (QED) is 0.288. The number of rotatable bonds is 7. The minimum absolute atomic E-state index is 0.169. The van der Waals surface area contributed by atoms with Crippen LogP contribution in [0.25, 0.3) is 0 Å². The van der Waals surface area contributed by atoms with Crippen molar-refractivity contribution in [2.45, 2.75) is 18.3 Å². The van der Waals surface area contributed by atoms with Crippen molar-refractivity contribution in [3.8, 4) is 0 Å². The Bertz CT molecular complexity index is 488. The lowest BCUT2D eigenvalue weighted by molar-refractivity contribution is -0.143. The molecule has 0 aliphatic heterocycles. The molecule has 116 valence electrons. The van der Waals surface area contributed by atoms with Gasteiger partial charge in [-0.15, -0.1) is 0 Å². The van der Waals surface area contributed by atoms with Crippen molar-refractivity contribution in [1.29, 1.82) is 0 Å².